The monoisotopic (exact) mass is 406 g/mol. The number of hydrogen-bond donors (Lipinski definition) is 1. The molecule has 1 aromatic heterocycles. The van der Waals surface area contributed by atoms with Crippen LogP contribution in [0.25, 0.3) is 11.4 Å². The standard InChI is InChI=1S/C15H17F3N4O4S/c1-25-13(21-27(23,24)22-8-2-3-9-22)11-6-4-10(5-7-11)12-19-14(26-20-12)15(16,17)18/h4-7,13,21H,2-3,8-9H2,1H3. The van der Waals surface area contributed by atoms with Crippen LogP contribution in [0.1, 0.15) is 30.5 Å². The fraction of sp³-hybridized carbons (Fsp3) is 0.467. The predicted octanol–water partition coefficient (Wildman–Crippen LogP) is 2.33. The van der Waals surface area contributed by atoms with Gasteiger partial charge in [0.25, 0.3) is 10.2 Å². The van der Waals surface area contributed by atoms with Crippen molar-refractivity contribution in [2.24, 2.45) is 0 Å². The van der Waals surface area contributed by atoms with Crippen molar-refractivity contribution in [3.05, 3.63) is 35.7 Å². The van der Waals surface area contributed by atoms with Crippen molar-refractivity contribution in [1.82, 2.24) is 19.2 Å². The van der Waals surface area contributed by atoms with Crippen LogP contribution in [0.5, 0.6) is 0 Å². The molecule has 0 amide bonds. The zero-order valence-electron chi connectivity index (χ0n) is 14.2. The first-order valence-electron chi connectivity index (χ1n) is 8.02. The molecule has 1 aliphatic heterocycles. The van der Waals surface area contributed by atoms with Gasteiger partial charge >= 0.3 is 12.1 Å². The van der Waals surface area contributed by atoms with E-state index in [9.17, 15) is 21.6 Å². The maximum Gasteiger partial charge on any atom is 0.471 e. The first kappa shape index (κ1) is 19.7. The zero-order valence-corrected chi connectivity index (χ0v) is 15.0. The topological polar surface area (TPSA) is 97.6 Å². The van der Waals surface area contributed by atoms with Crippen molar-refractivity contribution < 1.29 is 30.8 Å². The van der Waals surface area contributed by atoms with Gasteiger partial charge in [0.1, 0.15) is 6.23 Å². The van der Waals surface area contributed by atoms with Gasteiger partial charge in [-0.2, -0.15) is 35.6 Å². The predicted molar refractivity (Wildman–Crippen MR) is 87.3 cm³/mol. The van der Waals surface area contributed by atoms with Crippen LogP contribution in [0.3, 0.4) is 0 Å². The Morgan fingerprint density at radius 2 is 1.85 bits per heavy atom. The fourth-order valence-electron chi connectivity index (χ4n) is 2.65. The summed E-state index contributed by atoms with van der Waals surface area (Å²) >= 11 is 0. The molecule has 2 heterocycles. The lowest BCUT2D eigenvalue weighted by Crippen LogP contribution is -2.41. The summed E-state index contributed by atoms with van der Waals surface area (Å²) in [5.74, 6) is -1.66. The summed E-state index contributed by atoms with van der Waals surface area (Å²) in [5, 5.41) is 3.30. The minimum Gasteiger partial charge on any atom is -0.361 e. The third-order valence-electron chi connectivity index (χ3n) is 4.04. The van der Waals surface area contributed by atoms with Gasteiger partial charge in [-0.15, -0.1) is 0 Å². The van der Waals surface area contributed by atoms with Crippen LogP contribution in [0, 0.1) is 0 Å². The Bertz CT molecular complexity index is 877. The van der Waals surface area contributed by atoms with Crippen molar-refractivity contribution in [3.63, 3.8) is 0 Å². The lowest BCUT2D eigenvalue weighted by Gasteiger charge is -2.22. The number of alkyl halides is 3. The molecule has 2 aromatic rings. The maximum atomic E-state index is 12.5. The van der Waals surface area contributed by atoms with Crippen LogP contribution in [0.2, 0.25) is 0 Å². The number of rotatable bonds is 6. The molecule has 8 nitrogen and oxygen atoms in total. The largest absolute Gasteiger partial charge is 0.471 e. The molecule has 0 spiro atoms. The number of methoxy groups -OCH3 is 1. The second-order valence-corrected chi connectivity index (χ2v) is 7.59. The minimum atomic E-state index is -4.72. The number of ether oxygens (including phenoxy) is 1. The van der Waals surface area contributed by atoms with Crippen LogP contribution in [-0.4, -0.2) is 43.1 Å². The van der Waals surface area contributed by atoms with Gasteiger partial charge in [-0.25, -0.2) is 0 Å². The van der Waals surface area contributed by atoms with Crippen LogP contribution >= 0.6 is 0 Å². The first-order valence-corrected chi connectivity index (χ1v) is 9.46. The molecule has 0 aliphatic carbocycles. The van der Waals surface area contributed by atoms with Crippen LogP contribution in [0.15, 0.2) is 28.8 Å². The second kappa shape index (κ2) is 7.54. The molecule has 1 unspecified atom stereocenters. The van der Waals surface area contributed by atoms with E-state index >= 15 is 0 Å². The minimum absolute atomic E-state index is 0.222. The molecular formula is C15H17F3N4O4S. The first-order chi connectivity index (χ1) is 12.7. The lowest BCUT2D eigenvalue weighted by atomic mass is 10.1. The molecule has 1 saturated heterocycles. The van der Waals surface area contributed by atoms with E-state index in [1.807, 2.05) is 0 Å². The van der Waals surface area contributed by atoms with Crippen LogP contribution in [-0.2, 0) is 21.1 Å². The Morgan fingerprint density at radius 3 is 2.37 bits per heavy atom. The van der Waals surface area contributed by atoms with Gasteiger partial charge in [-0.3, -0.25) is 0 Å². The molecule has 1 atom stereocenters. The lowest BCUT2D eigenvalue weighted by molar-refractivity contribution is -0.159. The normalized spacial score (nSPS) is 17.3. The van der Waals surface area contributed by atoms with Crippen molar-refractivity contribution >= 4 is 10.2 Å². The third-order valence-corrected chi connectivity index (χ3v) is 5.59. The summed E-state index contributed by atoms with van der Waals surface area (Å²) in [6.45, 7) is 0.897. The summed E-state index contributed by atoms with van der Waals surface area (Å²) in [5.41, 5.74) is 0.763. The molecule has 0 bridgehead atoms. The number of halogens is 3. The highest BCUT2D eigenvalue weighted by Gasteiger charge is 2.38. The van der Waals surface area contributed by atoms with E-state index in [2.05, 4.69) is 19.4 Å². The van der Waals surface area contributed by atoms with Crippen molar-refractivity contribution in [2.45, 2.75) is 25.2 Å². The molecule has 12 heteroatoms. The molecule has 1 aliphatic rings. The van der Waals surface area contributed by atoms with Crippen LogP contribution in [0.4, 0.5) is 13.2 Å². The van der Waals surface area contributed by atoms with E-state index < -0.39 is 28.5 Å². The second-order valence-electron chi connectivity index (χ2n) is 5.89. The number of hydrogen-bond acceptors (Lipinski definition) is 6. The number of benzene rings is 1. The molecule has 148 valence electrons. The Morgan fingerprint density at radius 1 is 1.22 bits per heavy atom. The Labute approximate surface area is 153 Å². The zero-order chi connectivity index (χ0) is 19.7. The highest BCUT2D eigenvalue weighted by atomic mass is 32.2. The van der Waals surface area contributed by atoms with Crippen molar-refractivity contribution in [3.8, 4) is 11.4 Å². The molecule has 0 radical (unpaired) electrons. The van der Waals surface area contributed by atoms with Gasteiger partial charge in [0.15, 0.2) is 0 Å². The van der Waals surface area contributed by atoms with Gasteiger partial charge in [-0.05, 0) is 18.4 Å². The van der Waals surface area contributed by atoms with Crippen molar-refractivity contribution in [1.29, 1.82) is 0 Å². The Hall–Kier alpha value is -2.02. The van der Waals surface area contributed by atoms with E-state index in [1.54, 1.807) is 0 Å². The average molecular weight is 406 g/mol. The smallest absolute Gasteiger partial charge is 0.361 e. The van der Waals surface area contributed by atoms with Crippen molar-refractivity contribution in [2.75, 3.05) is 20.2 Å². The van der Waals surface area contributed by atoms with E-state index in [1.165, 1.54) is 35.7 Å². The fourth-order valence-corrected chi connectivity index (χ4v) is 4.04. The third kappa shape index (κ3) is 4.46. The summed E-state index contributed by atoms with van der Waals surface area (Å²) < 4.78 is 75.5. The highest BCUT2D eigenvalue weighted by Crippen LogP contribution is 2.29. The van der Waals surface area contributed by atoms with Gasteiger partial charge in [0.05, 0.1) is 0 Å². The maximum absolute atomic E-state index is 12.5. The van der Waals surface area contributed by atoms with E-state index in [0.29, 0.717) is 18.7 Å². The molecule has 1 fully saturated rings. The van der Waals surface area contributed by atoms with E-state index in [0.717, 1.165) is 12.8 Å². The van der Waals surface area contributed by atoms with Gasteiger partial charge in [0, 0.05) is 25.8 Å². The quantitative estimate of drug-likeness (QED) is 0.740. The summed E-state index contributed by atoms with van der Waals surface area (Å²) in [4.78, 5) is 3.31. The highest BCUT2D eigenvalue weighted by molar-refractivity contribution is 7.87. The average Bonchev–Trinajstić information content (AvgIpc) is 3.31. The van der Waals surface area contributed by atoms with Gasteiger partial charge < -0.3 is 9.26 Å². The van der Waals surface area contributed by atoms with Gasteiger partial charge in [-0.1, -0.05) is 29.4 Å². The molecule has 1 N–H and O–H groups in total. The summed E-state index contributed by atoms with van der Waals surface area (Å²) in [7, 11) is -2.35. The molecular weight excluding hydrogens is 389 g/mol. The van der Waals surface area contributed by atoms with E-state index in [-0.39, 0.29) is 11.4 Å². The molecule has 0 saturated carbocycles. The summed E-state index contributed by atoms with van der Waals surface area (Å²) in [6.07, 6.45) is -4.06. The SMILES string of the molecule is COC(NS(=O)(=O)N1CCCC1)c1ccc(-c2noc(C(F)(F)F)n2)cc1. The number of aromatic nitrogens is 2. The number of nitrogens with zero attached hydrogens (tertiary/aromatic N) is 3. The molecule has 27 heavy (non-hydrogen) atoms. The van der Waals surface area contributed by atoms with Gasteiger partial charge in [0.2, 0.25) is 5.82 Å². The molecule has 1 aromatic carbocycles. The Balaban J connectivity index is 1.76. The summed E-state index contributed by atoms with van der Waals surface area (Å²) in [6, 6.07) is 5.94. The van der Waals surface area contributed by atoms with E-state index in [4.69, 9.17) is 4.74 Å². The molecule has 3 rings (SSSR count). The van der Waals surface area contributed by atoms with Crippen LogP contribution < -0.4 is 4.72 Å². The Kier molecular flexibility index (Phi) is 5.51. The number of nitrogens with one attached hydrogen (secondary N) is 1.